The van der Waals surface area contributed by atoms with Gasteiger partial charge in [-0.1, -0.05) is 11.6 Å². The van der Waals surface area contributed by atoms with Gasteiger partial charge in [-0.3, -0.25) is 4.99 Å². The van der Waals surface area contributed by atoms with Gasteiger partial charge in [-0.2, -0.15) is 10.1 Å². The Bertz CT molecular complexity index is 985. The fourth-order valence-electron chi connectivity index (χ4n) is 3.29. The summed E-state index contributed by atoms with van der Waals surface area (Å²) in [5.74, 6) is 0.158. The van der Waals surface area contributed by atoms with E-state index >= 15 is 0 Å². The molecule has 2 aromatic rings. The lowest BCUT2D eigenvalue weighted by atomic mass is 9.91. The Hall–Kier alpha value is -2.37. The number of aliphatic imine (C=N–C) groups is 1. The van der Waals surface area contributed by atoms with E-state index < -0.39 is 5.69 Å². The molecule has 0 aromatic carbocycles. The molecule has 4 heterocycles. The van der Waals surface area contributed by atoms with Gasteiger partial charge in [0.25, 0.3) is 0 Å². The predicted molar refractivity (Wildman–Crippen MR) is 109 cm³/mol. The van der Waals surface area contributed by atoms with Crippen LogP contribution >= 0.6 is 11.6 Å². The third-order valence-electron chi connectivity index (χ3n) is 4.82. The highest BCUT2D eigenvalue weighted by atomic mass is 35.5. The maximum absolute atomic E-state index is 10.5. The third-order valence-corrected chi connectivity index (χ3v) is 5.10. The Morgan fingerprint density at radius 3 is 3.00 bits per heavy atom. The average Bonchev–Trinajstić information content (AvgIpc) is 2.99. The normalized spacial score (nSPS) is 26.8. The Kier molecular flexibility index (Phi) is 5.37. The molecule has 2 bridgehead atoms. The first-order valence-electron chi connectivity index (χ1n) is 9.31. The van der Waals surface area contributed by atoms with Gasteiger partial charge in [0.2, 0.25) is 11.8 Å². The van der Waals surface area contributed by atoms with Gasteiger partial charge in [0.15, 0.2) is 24.3 Å². The van der Waals surface area contributed by atoms with Crippen LogP contribution in [0.2, 0.25) is 5.15 Å². The van der Waals surface area contributed by atoms with Crippen molar-refractivity contribution in [2.75, 3.05) is 18.5 Å². The Morgan fingerprint density at radius 1 is 1.48 bits per heavy atom. The highest BCUT2D eigenvalue weighted by Crippen LogP contribution is 2.25. The van der Waals surface area contributed by atoms with Gasteiger partial charge >= 0.3 is 0 Å². The highest BCUT2D eigenvalue weighted by Gasteiger charge is 2.27. The maximum atomic E-state index is 10.5. The molecule has 1 saturated heterocycles. The van der Waals surface area contributed by atoms with E-state index in [4.69, 9.17) is 39.6 Å². The number of ether oxygens (including phenoxy) is 2. The smallest absolute Gasteiger partial charge is 0.229 e. The summed E-state index contributed by atoms with van der Waals surface area (Å²) in [6.45, 7) is 3.33. The molecule has 0 saturated carbocycles. The largest absolute Gasteiger partial charge is 0.455 e. The minimum absolute atomic E-state index is 0.00355. The molecule has 0 amide bonds. The fourth-order valence-corrected chi connectivity index (χ4v) is 3.52. The number of hydrogen-bond donors (Lipinski definition) is 3. The van der Waals surface area contributed by atoms with Crippen molar-refractivity contribution in [3.05, 3.63) is 22.9 Å². The van der Waals surface area contributed by atoms with Crippen molar-refractivity contribution < 1.29 is 14.6 Å². The number of nitrogens with two attached hydrogens (primary N) is 1. The van der Waals surface area contributed by atoms with E-state index in [0.717, 1.165) is 12.8 Å². The van der Waals surface area contributed by atoms with Crippen molar-refractivity contribution in [2.24, 2.45) is 10.7 Å². The van der Waals surface area contributed by atoms with Crippen molar-refractivity contribution in [3.8, 4) is 0 Å². The summed E-state index contributed by atoms with van der Waals surface area (Å²) in [7, 11) is 5.90. The van der Waals surface area contributed by atoms with E-state index in [1.54, 1.807) is 13.1 Å². The van der Waals surface area contributed by atoms with Crippen LogP contribution in [0.25, 0.3) is 11.0 Å². The van der Waals surface area contributed by atoms with Gasteiger partial charge < -0.3 is 25.6 Å². The van der Waals surface area contributed by atoms with Crippen LogP contribution in [0.4, 0.5) is 5.95 Å². The Morgan fingerprint density at radius 2 is 2.24 bits per heavy atom. The van der Waals surface area contributed by atoms with Gasteiger partial charge in [-0.15, -0.1) is 0 Å². The van der Waals surface area contributed by atoms with Crippen molar-refractivity contribution in [1.29, 1.82) is 0 Å². The van der Waals surface area contributed by atoms with Crippen LogP contribution in [-0.4, -0.2) is 63.4 Å². The average molecular weight is 418 g/mol. The maximum Gasteiger partial charge on any atom is 0.229 e. The minimum Gasteiger partial charge on any atom is -0.455 e. The van der Waals surface area contributed by atoms with Gasteiger partial charge in [0.05, 0.1) is 17.1 Å². The van der Waals surface area contributed by atoms with Crippen LogP contribution in [0.15, 0.2) is 22.8 Å². The minimum atomic E-state index is -2.02. The molecule has 1 atom stereocenters. The van der Waals surface area contributed by atoms with E-state index in [9.17, 15) is 5.11 Å². The fraction of sp³-hybridized carbons (Fsp3) is 0.529. The molecule has 2 aliphatic heterocycles. The number of rotatable bonds is 2. The summed E-state index contributed by atoms with van der Waals surface area (Å²) in [4.78, 5) is 13.5. The molecule has 4 rings (SSSR count). The summed E-state index contributed by atoms with van der Waals surface area (Å²) in [5, 5.41) is 18.6. The molecule has 2 radical (unpaired) electrons. The standard InChI is InChI=1S/C17H21BClN7O3/c1-9(22-10-2-6-28-7-3-10)12-14(20)29-17(18,27)4-5-26-15-11(13(19)25-26)8-21-16(23-12)24-15/h8,10,27H,2-7,20H2,1H3,(H,21,23,24)/b14-12-,22-9?. The molecule has 12 heteroatoms. The first kappa shape index (κ1) is 19.9. The third kappa shape index (κ3) is 4.31. The van der Waals surface area contributed by atoms with E-state index in [-0.39, 0.29) is 36.0 Å². The van der Waals surface area contributed by atoms with E-state index in [1.165, 1.54) is 4.68 Å². The molecule has 29 heavy (non-hydrogen) atoms. The molecule has 10 nitrogen and oxygen atoms in total. The Labute approximate surface area is 173 Å². The summed E-state index contributed by atoms with van der Waals surface area (Å²) < 4.78 is 12.4. The molecule has 2 aliphatic rings. The number of anilines is 1. The van der Waals surface area contributed by atoms with Crippen LogP contribution in [0.5, 0.6) is 0 Å². The van der Waals surface area contributed by atoms with Crippen molar-refractivity contribution >= 4 is 42.1 Å². The number of halogens is 1. The van der Waals surface area contributed by atoms with Crippen molar-refractivity contribution in [2.45, 2.75) is 44.5 Å². The van der Waals surface area contributed by atoms with Gasteiger partial charge in [-0.05, 0) is 19.8 Å². The number of aliphatic hydroxyl groups is 1. The number of allylic oxidation sites excluding steroid dienone is 1. The number of nitrogens with one attached hydrogen (secondary N) is 1. The second-order valence-electron chi connectivity index (χ2n) is 7.06. The van der Waals surface area contributed by atoms with Gasteiger partial charge in [0, 0.05) is 32.4 Å². The van der Waals surface area contributed by atoms with E-state index in [2.05, 4.69) is 20.4 Å². The lowest BCUT2D eigenvalue weighted by Gasteiger charge is -2.27. The lowest BCUT2D eigenvalue weighted by molar-refractivity contribution is -0.115. The first-order valence-corrected chi connectivity index (χ1v) is 9.69. The predicted octanol–water partition coefficient (Wildman–Crippen LogP) is 0.894. The van der Waals surface area contributed by atoms with Crippen LogP contribution in [0.3, 0.4) is 0 Å². The zero-order valence-electron chi connectivity index (χ0n) is 15.9. The monoisotopic (exact) mass is 417 g/mol. The summed E-state index contributed by atoms with van der Waals surface area (Å²) in [5.41, 5.74) is 5.53. The lowest BCUT2D eigenvalue weighted by Crippen LogP contribution is -2.37. The summed E-state index contributed by atoms with van der Waals surface area (Å²) in [6.07, 6.45) is 3.20. The van der Waals surface area contributed by atoms with Crippen LogP contribution in [0.1, 0.15) is 26.2 Å². The number of aromatic nitrogens is 4. The van der Waals surface area contributed by atoms with E-state index in [0.29, 0.717) is 35.7 Å². The molecular weight excluding hydrogens is 396 g/mol. The zero-order valence-corrected chi connectivity index (χ0v) is 16.7. The molecular formula is C17H21BClN7O3. The highest BCUT2D eigenvalue weighted by molar-refractivity contribution is 6.34. The van der Waals surface area contributed by atoms with Gasteiger partial charge in [0.1, 0.15) is 5.70 Å². The molecule has 4 N–H and O–H groups in total. The first-order chi connectivity index (χ1) is 13.8. The summed E-state index contributed by atoms with van der Waals surface area (Å²) >= 11 is 6.17. The van der Waals surface area contributed by atoms with Crippen LogP contribution in [0, 0.1) is 0 Å². The van der Waals surface area contributed by atoms with Gasteiger partial charge in [-0.25, -0.2) is 9.67 Å². The zero-order chi connectivity index (χ0) is 20.6. The number of nitrogens with zero attached hydrogens (tertiary/aromatic N) is 5. The molecule has 2 aromatic heterocycles. The number of aryl methyl sites for hydroxylation is 1. The molecule has 1 fully saturated rings. The number of fused-ring (bicyclic) bond motifs is 1. The Balaban J connectivity index is 1.76. The second-order valence-corrected chi connectivity index (χ2v) is 7.42. The van der Waals surface area contributed by atoms with Crippen LogP contribution in [-0.2, 0) is 16.0 Å². The molecule has 0 spiro atoms. The summed E-state index contributed by atoms with van der Waals surface area (Å²) in [6, 6.07) is 0.101. The molecule has 0 aliphatic carbocycles. The molecule has 152 valence electrons. The quantitative estimate of drug-likeness (QED) is 0.485. The number of hydrogen-bond acceptors (Lipinski definition) is 9. The van der Waals surface area contributed by atoms with Crippen molar-refractivity contribution in [3.63, 3.8) is 0 Å². The van der Waals surface area contributed by atoms with Crippen molar-refractivity contribution in [1.82, 2.24) is 19.7 Å². The molecule has 1 unspecified atom stereocenters. The second kappa shape index (κ2) is 7.81. The van der Waals surface area contributed by atoms with Crippen LogP contribution < -0.4 is 11.1 Å². The SMILES string of the molecule is [B]C1(O)CCn2nc(Cl)c3cnc(nc32)N/C(C(C)=NC2CCOCC2)=C(/N)O1. The topological polar surface area (TPSA) is 133 Å². The van der Waals surface area contributed by atoms with E-state index in [1.807, 2.05) is 0 Å².